The van der Waals surface area contributed by atoms with Gasteiger partial charge in [0.25, 0.3) is 0 Å². The van der Waals surface area contributed by atoms with Gasteiger partial charge in [0.05, 0.1) is 6.10 Å². The normalized spacial score (nSPS) is 28.6. The fraction of sp³-hybridized carbons (Fsp3) is 0.571. The smallest absolute Gasteiger partial charge is 0.187 e. The van der Waals surface area contributed by atoms with Crippen molar-refractivity contribution in [1.29, 1.82) is 0 Å². The second-order valence-electron chi connectivity index (χ2n) is 5.60. The Labute approximate surface area is 105 Å². The summed E-state index contributed by atoms with van der Waals surface area (Å²) >= 11 is 0. The highest BCUT2D eigenvalue weighted by atomic mass is 28.4. The predicted molar refractivity (Wildman–Crippen MR) is 72.4 cm³/mol. The summed E-state index contributed by atoms with van der Waals surface area (Å²) in [4.78, 5) is 0. The summed E-state index contributed by atoms with van der Waals surface area (Å²) < 4.78 is 6.34. The molecule has 3 heteroatoms. The summed E-state index contributed by atoms with van der Waals surface area (Å²) in [5.74, 6) is 0.398. The lowest BCUT2D eigenvalue weighted by Crippen LogP contribution is -2.30. The topological polar surface area (TPSA) is 29.5 Å². The first-order valence-electron chi connectivity index (χ1n) is 6.44. The van der Waals surface area contributed by atoms with E-state index in [1.807, 2.05) is 6.07 Å². The van der Waals surface area contributed by atoms with Gasteiger partial charge in [-0.25, -0.2) is 0 Å². The minimum absolute atomic E-state index is 0.178. The summed E-state index contributed by atoms with van der Waals surface area (Å²) in [6.45, 7) is 4.85. The van der Waals surface area contributed by atoms with Crippen LogP contribution in [0.4, 0.5) is 0 Å². The highest BCUT2D eigenvalue weighted by molar-refractivity contribution is 6.71. The molecule has 1 aromatic carbocycles. The molecule has 0 bridgehead atoms. The van der Waals surface area contributed by atoms with Crippen LogP contribution in [0.25, 0.3) is 0 Å². The van der Waals surface area contributed by atoms with Crippen molar-refractivity contribution in [3.63, 3.8) is 0 Å². The van der Waals surface area contributed by atoms with Gasteiger partial charge in [-0.15, -0.1) is 0 Å². The molecule has 94 valence electrons. The molecule has 0 unspecified atom stereocenters. The van der Waals surface area contributed by atoms with Crippen LogP contribution in [-0.2, 0) is 4.43 Å². The van der Waals surface area contributed by atoms with Crippen molar-refractivity contribution in [3.8, 4) is 0 Å². The molecule has 0 spiro atoms. The molecule has 2 rings (SSSR count). The lowest BCUT2D eigenvalue weighted by Gasteiger charge is -2.26. The molecule has 1 saturated heterocycles. The number of hydrogen-bond donors (Lipinski definition) is 1. The van der Waals surface area contributed by atoms with E-state index in [1.54, 1.807) is 0 Å². The molecule has 2 atom stereocenters. The Hall–Kier alpha value is -0.643. The van der Waals surface area contributed by atoms with Gasteiger partial charge >= 0.3 is 0 Å². The van der Waals surface area contributed by atoms with E-state index in [0.29, 0.717) is 5.92 Å². The fourth-order valence-electron chi connectivity index (χ4n) is 2.50. The van der Waals surface area contributed by atoms with Crippen molar-refractivity contribution in [3.05, 3.63) is 35.9 Å². The minimum atomic E-state index is -1.56. The highest BCUT2D eigenvalue weighted by Gasteiger charge is 2.33. The zero-order valence-electron chi connectivity index (χ0n) is 10.7. The van der Waals surface area contributed by atoms with Gasteiger partial charge in [-0.1, -0.05) is 30.3 Å². The SMILES string of the molecule is C[Si]1(C)CC[C@@H](CO)C[C@H](c2ccccc2)O1. The molecule has 1 aromatic rings. The van der Waals surface area contributed by atoms with Crippen LogP contribution in [0, 0.1) is 5.92 Å². The first kappa shape index (κ1) is 12.8. The Morgan fingerprint density at radius 1 is 1.29 bits per heavy atom. The van der Waals surface area contributed by atoms with E-state index in [9.17, 15) is 5.11 Å². The van der Waals surface area contributed by atoms with Gasteiger partial charge in [-0.05, 0) is 43.5 Å². The third-order valence-corrected chi connectivity index (χ3v) is 6.01. The molecule has 1 aliphatic rings. The molecule has 0 saturated carbocycles. The van der Waals surface area contributed by atoms with Gasteiger partial charge in [-0.3, -0.25) is 0 Å². The fourth-order valence-corrected chi connectivity index (χ4v) is 4.73. The Balaban J connectivity index is 2.19. The summed E-state index contributed by atoms with van der Waals surface area (Å²) in [6.07, 6.45) is 2.24. The number of aliphatic hydroxyl groups is 1. The Bertz CT molecular complexity index is 350. The van der Waals surface area contributed by atoms with Crippen molar-refractivity contribution in [1.82, 2.24) is 0 Å². The summed E-state index contributed by atoms with van der Waals surface area (Å²) in [7, 11) is -1.56. The molecule has 0 amide bonds. The van der Waals surface area contributed by atoms with Crippen LogP contribution in [-0.4, -0.2) is 20.0 Å². The minimum Gasteiger partial charge on any atom is -0.410 e. The van der Waals surface area contributed by atoms with Gasteiger partial charge in [-0.2, -0.15) is 0 Å². The standard InChI is InChI=1S/C14H22O2Si/c1-17(2)9-8-12(11-15)10-14(16-17)13-6-4-3-5-7-13/h3-7,12,14-15H,8-11H2,1-2H3/t12-,14-/m1/s1. The molecule has 0 aliphatic carbocycles. The van der Waals surface area contributed by atoms with Crippen molar-refractivity contribution in [2.45, 2.75) is 38.1 Å². The largest absolute Gasteiger partial charge is 0.410 e. The van der Waals surface area contributed by atoms with Gasteiger partial charge in [0.1, 0.15) is 0 Å². The van der Waals surface area contributed by atoms with Crippen molar-refractivity contribution < 1.29 is 9.53 Å². The summed E-state index contributed by atoms with van der Waals surface area (Å²) in [5, 5.41) is 9.41. The number of rotatable bonds is 2. The maximum absolute atomic E-state index is 9.41. The molecular weight excluding hydrogens is 228 g/mol. The van der Waals surface area contributed by atoms with Crippen molar-refractivity contribution in [2.24, 2.45) is 5.92 Å². The first-order chi connectivity index (χ1) is 8.11. The maximum atomic E-state index is 9.41. The molecule has 1 heterocycles. The maximum Gasteiger partial charge on any atom is 0.187 e. The zero-order chi connectivity index (χ0) is 12.3. The average molecular weight is 250 g/mol. The van der Waals surface area contributed by atoms with Crippen LogP contribution in [0.1, 0.15) is 24.5 Å². The molecule has 0 radical (unpaired) electrons. The third kappa shape index (κ3) is 3.41. The third-order valence-electron chi connectivity index (χ3n) is 3.59. The molecule has 0 aromatic heterocycles. The Morgan fingerprint density at radius 3 is 2.65 bits per heavy atom. The van der Waals surface area contributed by atoms with Crippen LogP contribution in [0.3, 0.4) is 0 Å². The first-order valence-corrected chi connectivity index (χ1v) is 9.56. The second kappa shape index (κ2) is 5.34. The van der Waals surface area contributed by atoms with Gasteiger partial charge in [0, 0.05) is 6.61 Å². The van der Waals surface area contributed by atoms with Crippen molar-refractivity contribution in [2.75, 3.05) is 6.61 Å². The highest BCUT2D eigenvalue weighted by Crippen LogP contribution is 2.36. The molecule has 17 heavy (non-hydrogen) atoms. The van der Waals surface area contributed by atoms with E-state index in [2.05, 4.69) is 37.4 Å². The Morgan fingerprint density at radius 2 is 2.00 bits per heavy atom. The average Bonchev–Trinajstić information content (AvgIpc) is 2.49. The lowest BCUT2D eigenvalue weighted by atomic mass is 9.95. The van der Waals surface area contributed by atoms with Gasteiger partial charge < -0.3 is 9.53 Å². The summed E-state index contributed by atoms with van der Waals surface area (Å²) in [6, 6.07) is 11.6. The number of aliphatic hydroxyl groups excluding tert-OH is 1. The second-order valence-corrected chi connectivity index (χ2v) is 9.85. The van der Waals surface area contributed by atoms with Gasteiger partial charge in [0.15, 0.2) is 8.32 Å². The number of benzene rings is 1. The number of hydrogen-bond acceptors (Lipinski definition) is 2. The lowest BCUT2D eigenvalue weighted by molar-refractivity contribution is 0.143. The van der Waals surface area contributed by atoms with Crippen LogP contribution in [0.2, 0.25) is 19.1 Å². The van der Waals surface area contributed by atoms with E-state index in [4.69, 9.17) is 4.43 Å². The Kier molecular flexibility index (Phi) is 4.02. The molecule has 1 aliphatic heterocycles. The van der Waals surface area contributed by atoms with E-state index < -0.39 is 8.32 Å². The van der Waals surface area contributed by atoms with Crippen LogP contribution < -0.4 is 0 Å². The molecular formula is C14H22O2Si. The van der Waals surface area contributed by atoms with Crippen molar-refractivity contribution >= 4 is 8.32 Å². The van der Waals surface area contributed by atoms with Gasteiger partial charge in [0.2, 0.25) is 0 Å². The van der Waals surface area contributed by atoms with Crippen LogP contribution in [0.5, 0.6) is 0 Å². The van der Waals surface area contributed by atoms with E-state index in [1.165, 1.54) is 5.56 Å². The predicted octanol–water partition coefficient (Wildman–Crippen LogP) is 3.35. The van der Waals surface area contributed by atoms with E-state index in [-0.39, 0.29) is 12.7 Å². The molecule has 1 fully saturated rings. The zero-order valence-corrected chi connectivity index (χ0v) is 11.7. The van der Waals surface area contributed by atoms with E-state index in [0.717, 1.165) is 18.9 Å². The van der Waals surface area contributed by atoms with Crippen LogP contribution >= 0.6 is 0 Å². The quantitative estimate of drug-likeness (QED) is 0.816. The van der Waals surface area contributed by atoms with E-state index >= 15 is 0 Å². The monoisotopic (exact) mass is 250 g/mol. The molecule has 2 nitrogen and oxygen atoms in total. The summed E-state index contributed by atoms with van der Waals surface area (Å²) in [5.41, 5.74) is 1.26. The molecule has 1 N–H and O–H groups in total. The van der Waals surface area contributed by atoms with Crippen LogP contribution in [0.15, 0.2) is 30.3 Å².